The number of para-hydroxylation sites is 1. The average Bonchev–Trinajstić information content (AvgIpc) is 2.63. The van der Waals surface area contributed by atoms with Crippen LogP contribution in [-0.2, 0) is 9.53 Å². The van der Waals surface area contributed by atoms with Crippen molar-refractivity contribution in [2.45, 2.75) is 56.8 Å². The highest BCUT2D eigenvalue weighted by Gasteiger charge is 2.32. The molecular weight excluding hydrogens is 365 g/mol. The van der Waals surface area contributed by atoms with Gasteiger partial charge in [-0.05, 0) is 44.2 Å². The van der Waals surface area contributed by atoms with E-state index in [9.17, 15) is 19.1 Å². The third-order valence-corrected chi connectivity index (χ3v) is 5.48. The number of amides is 3. The summed E-state index contributed by atoms with van der Waals surface area (Å²) in [5.41, 5.74) is 0.0948. The van der Waals surface area contributed by atoms with Crippen molar-refractivity contribution in [3.8, 4) is 0 Å². The number of aliphatic hydroxyl groups excluding tert-OH is 1. The number of hydrogen-bond donors (Lipinski definition) is 4. The number of carbonyl (C=O) groups excluding carboxylic acids is 2. The van der Waals surface area contributed by atoms with Crippen LogP contribution in [-0.4, -0.2) is 48.4 Å². The van der Waals surface area contributed by atoms with E-state index >= 15 is 0 Å². The van der Waals surface area contributed by atoms with Crippen LogP contribution in [0.5, 0.6) is 0 Å². The SMILES string of the molecule is O=C(Nc1ccccc1F)N[C@@H]1CC[C@@H](CCNC(=O)C2CCC2)O[C@H]1CO. The Hall–Kier alpha value is -2.19. The normalized spacial score (nSPS) is 24.9. The molecule has 0 radical (unpaired) electrons. The second-order valence-corrected chi connectivity index (χ2v) is 7.45. The fourth-order valence-corrected chi connectivity index (χ4v) is 3.57. The van der Waals surface area contributed by atoms with Gasteiger partial charge in [-0.25, -0.2) is 9.18 Å². The number of urea groups is 1. The molecule has 2 aliphatic rings. The molecule has 0 bridgehead atoms. The van der Waals surface area contributed by atoms with Crippen LogP contribution < -0.4 is 16.0 Å². The molecule has 1 heterocycles. The predicted octanol–water partition coefficient (Wildman–Crippen LogP) is 2.16. The number of rotatable bonds is 7. The van der Waals surface area contributed by atoms with Crippen molar-refractivity contribution in [1.82, 2.24) is 10.6 Å². The molecule has 1 aromatic carbocycles. The van der Waals surface area contributed by atoms with Gasteiger partial charge >= 0.3 is 6.03 Å². The third-order valence-electron chi connectivity index (χ3n) is 5.48. The minimum Gasteiger partial charge on any atom is -0.394 e. The molecule has 1 aliphatic carbocycles. The number of anilines is 1. The van der Waals surface area contributed by atoms with E-state index in [2.05, 4.69) is 16.0 Å². The lowest BCUT2D eigenvalue weighted by Crippen LogP contribution is -2.52. The van der Waals surface area contributed by atoms with E-state index in [1.807, 2.05) is 0 Å². The van der Waals surface area contributed by atoms with Gasteiger partial charge in [0.05, 0.1) is 24.4 Å². The number of hydrogen-bond acceptors (Lipinski definition) is 4. The number of halogens is 1. The molecule has 28 heavy (non-hydrogen) atoms. The van der Waals surface area contributed by atoms with E-state index in [1.54, 1.807) is 12.1 Å². The Morgan fingerprint density at radius 1 is 1.18 bits per heavy atom. The zero-order valence-corrected chi connectivity index (χ0v) is 15.8. The summed E-state index contributed by atoms with van der Waals surface area (Å²) < 4.78 is 19.5. The Morgan fingerprint density at radius 3 is 2.64 bits per heavy atom. The minimum atomic E-state index is -0.539. The molecule has 4 N–H and O–H groups in total. The number of nitrogens with one attached hydrogen (secondary N) is 3. The third kappa shape index (κ3) is 5.42. The number of ether oxygens (including phenoxy) is 1. The molecule has 3 rings (SSSR count). The molecule has 0 unspecified atom stereocenters. The van der Waals surface area contributed by atoms with E-state index in [1.165, 1.54) is 12.1 Å². The first-order valence-corrected chi connectivity index (χ1v) is 9.93. The maximum atomic E-state index is 13.6. The summed E-state index contributed by atoms with van der Waals surface area (Å²) in [4.78, 5) is 24.0. The zero-order valence-electron chi connectivity index (χ0n) is 15.8. The predicted molar refractivity (Wildman–Crippen MR) is 102 cm³/mol. The van der Waals surface area contributed by atoms with E-state index in [-0.39, 0.29) is 36.3 Å². The molecule has 1 saturated heterocycles. The van der Waals surface area contributed by atoms with Crippen LogP contribution in [0.4, 0.5) is 14.9 Å². The van der Waals surface area contributed by atoms with E-state index in [0.29, 0.717) is 25.8 Å². The quantitative estimate of drug-likeness (QED) is 0.570. The second-order valence-electron chi connectivity index (χ2n) is 7.45. The summed E-state index contributed by atoms with van der Waals surface area (Å²) in [6, 6.07) is 5.02. The first kappa shape index (κ1) is 20.5. The largest absolute Gasteiger partial charge is 0.394 e. The Morgan fingerprint density at radius 2 is 1.96 bits per heavy atom. The molecule has 154 valence electrons. The van der Waals surface area contributed by atoms with Gasteiger partial charge in [-0.1, -0.05) is 18.6 Å². The van der Waals surface area contributed by atoms with Crippen LogP contribution in [0.2, 0.25) is 0 Å². The monoisotopic (exact) mass is 393 g/mol. The van der Waals surface area contributed by atoms with Gasteiger partial charge in [-0.3, -0.25) is 4.79 Å². The summed E-state index contributed by atoms with van der Waals surface area (Å²) >= 11 is 0. The smallest absolute Gasteiger partial charge is 0.319 e. The standard InChI is InChI=1S/C20H28FN3O4/c21-15-6-1-2-7-16(15)23-20(27)24-17-9-8-14(28-18(17)12-25)10-11-22-19(26)13-4-3-5-13/h1-2,6-7,13-14,17-18,25H,3-5,8-12H2,(H,22,26)(H2,23,24,27)/t14-,17+,18-/m0/s1. The van der Waals surface area contributed by atoms with Gasteiger partial charge in [-0.15, -0.1) is 0 Å². The highest BCUT2D eigenvalue weighted by atomic mass is 19.1. The van der Waals surface area contributed by atoms with Crippen molar-refractivity contribution in [2.24, 2.45) is 5.92 Å². The number of benzene rings is 1. The van der Waals surface area contributed by atoms with Crippen molar-refractivity contribution >= 4 is 17.6 Å². The van der Waals surface area contributed by atoms with Gasteiger partial charge < -0.3 is 25.8 Å². The molecule has 3 atom stereocenters. The van der Waals surface area contributed by atoms with Gasteiger partial charge in [0.15, 0.2) is 0 Å². The molecule has 0 aromatic heterocycles. The Kier molecular flexibility index (Phi) is 7.22. The highest BCUT2D eigenvalue weighted by Crippen LogP contribution is 2.26. The Bertz CT molecular complexity index is 683. The van der Waals surface area contributed by atoms with Crippen molar-refractivity contribution in [3.05, 3.63) is 30.1 Å². The molecule has 3 amide bonds. The fourth-order valence-electron chi connectivity index (χ4n) is 3.57. The summed E-state index contributed by atoms with van der Waals surface area (Å²) in [6.07, 6.45) is 4.47. The van der Waals surface area contributed by atoms with Gasteiger partial charge in [0.25, 0.3) is 0 Å². The zero-order chi connectivity index (χ0) is 19.9. The van der Waals surface area contributed by atoms with Crippen LogP contribution >= 0.6 is 0 Å². The van der Waals surface area contributed by atoms with Gasteiger partial charge in [-0.2, -0.15) is 0 Å². The Labute approximate surface area is 164 Å². The molecule has 1 saturated carbocycles. The first-order chi connectivity index (χ1) is 13.6. The van der Waals surface area contributed by atoms with E-state index in [4.69, 9.17) is 4.74 Å². The molecule has 1 aromatic rings. The van der Waals surface area contributed by atoms with E-state index < -0.39 is 18.0 Å². The molecule has 1 aliphatic heterocycles. The lowest BCUT2D eigenvalue weighted by molar-refractivity contribution is -0.127. The summed E-state index contributed by atoms with van der Waals surface area (Å²) in [5.74, 6) is -0.232. The van der Waals surface area contributed by atoms with Gasteiger partial charge in [0.2, 0.25) is 5.91 Å². The average molecular weight is 393 g/mol. The lowest BCUT2D eigenvalue weighted by Gasteiger charge is -2.36. The fraction of sp³-hybridized carbons (Fsp3) is 0.600. The van der Waals surface area contributed by atoms with Crippen LogP contribution in [0, 0.1) is 11.7 Å². The van der Waals surface area contributed by atoms with Crippen LogP contribution in [0.25, 0.3) is 0 Å². The highest BCUT2D eigenvalue weighted by molar-refractivity contribution is 5.89. The van der Waals surface area contributed by atoms with Crippen LogP contribution in [0.1, 0.15) is 38.5 Å². The van der Waals surface area contributed by atoms with Crippen molar-refractivity contribution in [1.29, 1.82) is 0 Å². The summed E-state index contributed by atoms with van der Waals surface area (Å²) in [6.45, 7) is 0.319. The van der Waals surface area contributed by atoms with E-state index in [0.717, 1.165) is 19.3 Å². The molecule has 7 nitrogen and oxygen atoms in total. The lowest BCUT2D eigenvalue weighted by atomic mass is 9.85. The maximum Gasteiger partial charge on any atom is 0.319 e. The minimum absolute atomic E-state index is 0.0773. The molecular formula is C20H28FN3O4. The summed E-state index contributed by atoms with van der Waals surface area (Å²) in [5, 5.41) is 17.8. The molecule has 2 fully saturated rings. The molecule has 8 heteroatoms. The topological polar surface area (TPSA) is 99.7 Å². The summed E-state index contributed by atoms with van der Waals surface area (Å²) in [7, 11) is 0. The second kappa shape index (κ2) is 9.84. The van der Waals surface area contributed by atoms with Crippen molar-refractivity contribution in [2.75, 3.05) is 18.5 Å². The number of carbonyl (C=O) groups is 2. The molecule has 0 spiro atoms. The van der Waals surface area contributed by atoms with Gasteiger partial charge in [0.1, 0.15) is 11.9 Å². The number of aliphatic hydroxyl groups is 1. The van der Waals surface area contributed by atoms with Crippen molar-refractivity contribution < 1.29 is 23.8 Å². The Balaban J connectivity index is 1.41. The van der Waals surface area contributed by atoms with Crippen LogP contribution in [0.3, 0.4) is 0 Å². The first-order valence-electron chi connectivity index (χ1n) is 9.93. The van der Waals surface area contributed by atoms with Gasteiger partial charge in [0, 0.05) is 12.5 Å². The van der Waals surface area contributed by atoms with Crippen molar-refractivity contribution in [3.63, 3.8) is 0 Å². The van der Waals surface area contributed by atoms with Crippen LogP contribution in [0.15, 0.2) is 24.3 Å². The maximum absolute atomic E-state index is 13.6.